The van der Waals surface area contributed by atoms with Gasteiger partial charge in [-0.25, -0.2) is 0 Å². The van der Waals surface area contributed by atoms with Crippen LogP contribution in [0.2, 0.25) is 0 Å². The number of benzene rings is 1. The maximum Gasteiger partial charge on any atom is 0.0107 e. The maximum absolute atomic E-state index is 3.56. The van der Waals surface area contributed by atoms with E-state index in [2.05, 4.69) is 50.4 Å². The van der Waals surface area contributed by atoms with Gasteiger partial charge in [0.15, 0.2) is 0 Å². The molecule has 106 valence electrons. The van der Waals surface area contributed by atoms with Gasteiger partial charge in [0.25, 0.3) is 0 Å². The van der Waals surface area contributed by atoms with Crippen LogP contribution in [0.3, 0.4) is 0 Å². The molecule has 2 rings (SSSR count). The lowest BCUT2D eigenvalue weighted by molar-refractivity contribution is 0.243. The summed E-state index contributed by atoms with van der Waals surface area (Å²) in [6.07, 6.45) is 3.92. The molecule has 1 N–H and O–H groups in total. The maximum atomic E-state index is 3.56. The lowest BCUT2D eigenvalue weighted by Gasteiger charge is -2.32. The zero-order valence-corrected chi connectivity index (χ0v) is 13.4. The van der Waals surface area contributed by atoms with Gasteiger partial charge in [0.2, 0.25) is 0 Å². The second-order valence-electron chi connectivity index (χ2n) is 6.09. The molecule has 0 saturated heterocycles. The molecule has 19 heavy (non-hydrogen) atoms. The minimum Gasteiger partial charge on any atom is -0.316 e. The van der Waals surface area contributed by atoms with E-state index in [1.54, 1.807) is 5.56 Å². The van der Waals surface area contributed by atoms with Crippen molar-refractivity contribution in [3.05, 3.63) is 29.8 Å². The summed E-state index contributed by atoms with van der Waals surface area (Å²) in [6.45, 7) is 9.20. The van der Waals surface area contributed by atoms with Crippen LogP contribution in [-0.2, 0) is 0 Å². The summed E-state index contributed by atoms with van der Waals surface area (Å²) in [6, 6.07) is 8.97. The van der Waals surface area contributed by atoms with Crippen LogP contribution in [0.15, 0.2) is 29.2 Å². The van der Waals surface area contributed by atoms with Crippen LogP contribution in [0.4, 0.5) is 0 Å². The highest BCUT2D eigenvalue weighted by Gasteiger charge is 2.31. The highest BCUT2D eigenvalue weighted by Crippen LogP contribution is 2.45. The number of nitrogens with one attached hydrogen (secondary N) is 1. The van der Waals surface area contributed by atoms with Crippen molar-refractivity contribution < 1.29 is 0 Å². The van der Waals surface area contributed by atoms with Crippen molar-refractivity contribution in [1.82, 2.24) is 5.32 Å². The molecule has 1 nitrogen and oxygen atoms in total. The molecule has 0 aliphatic carbocycles. The van der Waals surface area contributed by atoms with Crippen molar-refractivity contribution in [1.29, 1.82) is 0 Å². The minimum atomic E-state index is 0.438. The summed E-state index contributed by atoms with van der Waals surface area (Å²) >= 11 is 2.04. The topological polar surface area (TPSA) is 12.0 Å². The van der Waals surface area contributed by atoms with Crippen molar-refractivity contribution in [2.24, 2.45) is 5.41 Å². The van der Waals surface area contributed by atoms with Crippen LogP contribution in [0.1, 0.15) is 51.5 Å². The van der Waals surface area contributed by atoms with Gasteiger partial charge in [-0.05, 0) is 42.3 Å². The molecule has 1 aromatic carbocycles. The van der Waals surface area contributed by atoms with Gasteiger partial charge in [-0.1, -0.05) is 45.4 Å². The number of rotatable bonds is 7. The van der Waals surface area contributed by atoms with E-state index >= 15 is 0 Å². The monoisotopic (exact) mass is 277 g/mol. The molecule has 2 heteroatoms. The fraction of sp³-hybridized carbons (Fsp3) is 0.647. The van der Waals surface area contributed by atoms with E-state index in [-0.39, 0.29) is 0 Å². The first kappa shape index (κ1) is 14.9. The molecule has 0 bridgehead atoms. The smallest absolute Gasteiger partial charge is 0.0107 e. The Hall–Kier alpha value is -0.470. The Morgan fingerprint density at radius 3 is 2.84 bits per heavy atom. The Morgan fingerprint density at radius 1 is 1.32 bits per heavy atom. The first-order valence-corrected chi connectivity index (χ1v) is 8.59. The molecule has 0 aromatic heterocycles. The first-order chi connectivity index (χ1) is 9.18. The molecule has 1 heterocycles. The van der Waals surface area contributed by atoms with Gasteiger partial charge >= 0.3 is 0 Å². The Kier molecular flexibility index (Phi) is 5.35. The molecular formula is C17H27NS. The zero-order chi connectivity index (χ0) is 13.7. The van der Waals surface area contributed by atoms with Crippen LogP contribution >= 0.6 is 11.8 Å². The van der Waals surface area contributed by atoms with E-state index in [0.717, 1.165) is 19.0 Å². The summed E-state index contributed by atoms with van der Waals surface area (Å²) in [7, 11) is 0. The fourth-order valence-electron chi connectivity index (χ4n) is 3.29. The van der Waals surface area contributed by atoms with E-state index < -0.39 is 0 Å². The van der Waals surface area contributed by atoms with Gasteiger partial charge in [0.1, 0.15) is 0 Å². The summed E-state index contributed by atoms with van der Waals surface area (Å²) < 4.78 is 0. The summed E-state index contributed by atoms with van der Waals surface area (Å²) in [4.78, 5) is 1.51. The van der Waals surface area contributed by atoms with Crippen molar-refractivity contribution >= 4 is 11.8 Å². The van der Waals surface area contributed by atoms with Gasteiger partial charge in [-0.15, -0.1) is 11.8 Å². The molecule has 1 aliphatic heterocycles. The normalized spacial score (nSPS) is 21.1. The summed E-state index contributed by atoms with van der Waals surface area (Å²) in [5, 5.41) is 3.56. The van der Waals surface area contributed by atoms with Crippen molar-refractivity contribution in [3.8, 4) is 0 Å². The van der Waals surface area contributed by atoms with E-state index in [1.165, 1.54) is 29.9 Å². The third kappa shape index (κ3) is 3.76. The molecule has 0 radical (unpaired) electrons. The highest BCUT2D eigenvalue weighted by molar-refractivity contribution is 7.99. The lowest BCUT2D eigenvalue weighted by atomic mass is 9.76. The Morgan fingerprint density at radius 2 is 2.11 bits per heavy atom. The zero-order valence-electron chi connectivity index (χ0n) is 12.5. The van der Waals surface area contributed by atoms with Gasteiger partial charge in [-0.2, -0.15) is 0 Å². The molecule has 2 unspecified atom stereocenters. The van der Waals surface area contributed by atoms with Crippen LogP contribution in [0, 0.1) is 5.41 Å². The van der Waals surface area contributed by atoms with Gasteiger partial charge < -0.3 is 5.32 Å². The van der Waals surface area contributed by atoms with Crippen molar-refractivity contribution in [2.75, 3.05) is 18.8 Å². The molecule has 0 spiro atoms. The Labute approximate surface area is 122 Å². The molecular weight excluding hydrogens is 250 g/mol. The highest BCUT2D eigenvalue weighted by atomic mass is 32.2. The second-order valence-corrected chi connectivity index (χ2v) is 7.15. The minimum absolute atomic E-state index is 0.438. The van der Waals surface area contributed by atoms with E-state index in [9.17, 15) is 0 Å². The fourth-order valence-corrected chi connectivity index (χ4v) is 4.54. The van der Waals surface area contributed by atoms with E-state index in [0.29, 0.717) is 5.41 Å². The molecule has 2 atom stereocenters. The predicted octanol–water partition coefficient (Wildman–Crippen LogP) is 4.68. The first-order valence-electron chi connectivity index (χ1n) is 7.61. The third-order valence-electron chi connectivity index (χ3n) is 4.19. The third-order valence-corrected chi connectivity index (χ3v) is 5.45. The molecule has 0 amide bonds. The van der Waals surface area contributed by atoms with Crippen molar-refractivity contribution in [2.45, 2.75) is 50.8 Å². The number of thioether (sulfide) groups is 1. The largest absolute Gasteiger partial charge is 0.316 e. The number of fused-ring (bicyclic) bond motifs is 1. The molecule has 1 aliphatic rings. The summed E-state index contributed by atoms with van der Waals surface area (Å²) in [5.41, 5.74) is 2.03. The average Bonchev–Trinajstić information content (AvgIpc) is 2.80. The van der Waals surface area contributed by atoms with Crippen molar-refractivity contribution in [3.63, 3.8) is 0 Å². The van der Waals surface area contributed by atoms with Crippen LogP contribution < -0.4 is 5.32 Å². The summed E-state index contributed by atoms with van der Waals surface area (Å²) in [5.74, 6) is 2.02. The SMILES string of the molecule is CCCC(C)(CNCC)CC1CSc2ccccc21. The van der Waals surface area contributed by atoms with Gasteiger partial charge in [0, 0.05) is 17.2 Å². The molecule has 0 fully saturated rings. The molecule has 1 aromatic rings. The van der Waals surface area contributed by atoms with Gasteiger partial charge in [0.05, 0.1) is 0 Å². The van der Waals surface area contributed by atoms with Crippen LogP contribution in [-0.4, -0.2) is 18.8 Å². The second kappa shape index (κ2) is 6.81. The number of hydrogen-bond acceptors (Lipinski definition) is 2. The number of hydrogen-bond donors (Lipinski definition) is 1. The van der Waals surface area contributed by atoms with Crippen LogP contribution in [0.25, 0.3) is 0 Å². The van der Waals surface area contributed by atoms with E-state index in [1.807, 2.05) is 11.8 Å². The van der Waals surface area contributed by atoms with E-state index in [4.69, 9.17) is 0 Å². The predicted molar refractivity (Wildman–Crippen MR) is 86.1 cm³/mol. The quantitative estimate of drug-likeness (QED) is 0.776. The van der Waals surface area contributed by atoms with Crippen LogP contribution in [0.5, 0.6) is 0 Å². The Bertz CT molecular complexity index is 404. The lowest BCUT2D eigenvalue weighted by Crippen LogP contribution is -2.33. The average molecular weight is 277 g/mol. The standard InChI is InChI=1S/C17H27NS/c1-4-10-17(3,13-18-5-2)11-14-12-19-16-9-7-6-8-15(14)16/h6-9,14,18H,4-5,10-13H2,1-3H3. The molecule has 0 saturated carbocycles. The van der Waals surface area contributed by atoms with Gasteiger partial charge in [-0.3, -0.25) is 0 Å². The Balaban J connectivity index is 2.06.